The number of hydrogen-bond donors (Lipinski definition) is 0. The molecule has 0 bridgehead atoms. The van der Waals surface area contributed by atoms with E-state index in [1.807, 2.05) is 31.2 Å². The van der Waals surface area contributed by atoms with Gasteiger partial charge in [0.25, 0.3) is 5.91 Å². The molecule has 28 heavy (non-hydrogen) atoms. The Labute approximate surface area is 165 Å². The molecule has 0 spiro atoms. The molecule has 1 fully saturated rings. The summed E-state index contributed by atoms with van der Waals surface area (Å²) in [5, 5.41) is 5.47. The predicted molar refractivity (Wildman–Crippen MR) is 105 cm³/mol. The summed E-state index contributed by atoms with van der Waals surface area (Å²) in [4.78, 5) is 26.8. The Morgan fingerprint density at radius 1 is 1.32 bits per heavy atom. The van der Waals surface area contributed by atoms with Gasteiger partial charge in [-0.3, -0.25) is 9.59 Å². The Kier molecular flexibility index (Phi) is 5.74. The largest absolute Gasteiger partial charge is 0.496 e. The molecule has 0 aromatic heterocycles. The van der Waals surface area contributed by atoms with E-state index in [1.54, 1.807) is 19.1 Å². The first-order valence-electron chi connectivity index (χ1n) is 9.23. The van der Waals surface area contributed by atoms with Crippen molar-refractivity contribution in [2.45, 2.75) is 38.3 Å². The average Bonchev–Trinajstić information content (AvgIpc) is 3.06. The predicted octanol–water partition coefficient (Wildman–Crippen LogP) is 1.38. The molecule has 8 nitrogen and oxygen atoms in total. The number of sulfone groups is 1. The number of rotatable bonds is 5. The molecule has 0 saturated carbocycles. The molecular formula is C19H25N3O5S. The Hall–Kier alpha value is -2.42. The first kappa shape index (κ1) is 20.3. The molecule has 1 aromatic carbocycles. The van der Waals surface area contributed by atoms with Crippen molar-refractivity contribution in [3.05, 3.63) is 29.8 Å². The van der Waals surface area contributed by atoms with E-state index in [-0.39, 0.29) is 47.9 Å². The summed E-state index contributed by atoms with van der Waals surface area (Å²) in [6.07, 6.45) is 0.751. The zero-order valence-electron chi connectivity index (χ0n) is 16.3. The van der Waals surface area contributed by atoms with Crippen molar-refractivity contribution in [2.24, 2.45) is 5.10 Å². The molecule has 9 heteroatoms. The zero-order valence-corrected chi connectivity index (χ0v) is 17.1. The normalized spacial score (nSPS) is 22.5. The molecule has 2 heterocycles. The second-order valence-corrected chi connectivity index (χ2v) is 9.40. The summed E-state index contributed by atoms with van der Waals surface area (Å²) in [5.74, 6) is 0.117. The first-order valence-corrected chi connectivity index (χ1v) is 11.1. The fourth-order valence-corrected chi connectivity index (χ4v) is 5.27. The van der Waals surface area contributed by atoms with Crippen LogP contribution >= 0.6 is 0 Å². The lowest BCUT2D eigenvalue weighted by atomic mass is 10.0. The van der Waals surface area contributed by atoms with Crippen LogP contribution in [0.2, 0.25) is 0 Å². The monoisotopic (exact) mass is 407 g/mol. The maximum Gasteiger partial charge on any atom is 0.270 e. The molecular weight excluding hydrogens is 382 g/mol. The van der Waals surface area contributed by atoms with Crippen LogP contribution in [-0.2, 0) is 19.4 Å². The molecule has 1 aromatic rings. The van der Waals surface area contributed by atoms with E-state index in [9.17, 15) is 18.0 Å². The van der Waals surface area contributed by atoms with Crippen LogP contribution in [0.1, 0.15) is 37.8 Å². The molecule has 2 amide bonds. The number of ether oxygens (including phenoxy) is 1. The van der Waals surface area contributed by atoms with Crippen molar-refractivity contribution in [3.8, 4) is 5.75 Å². The van der Waals surface area contributed by atoms with Gasteiger partial charge in [0.2, 0.25) is 5.91 Å². The van der Waals surface area contributed by atoms with Crippen molar-refractivity contribution in [3.63, 3.8) is 0 Å². The topological polar surface area (TPSA) is 96.3 Å². The van der Waals surface area contributed by atoms with Gasteiger partial charge < -0.3 is 9.64 Å². The van der Waals surface area contributed by atoms with Crippen molar-refractivity contribution < 1.29 is 22.7 Å². The minimum absolute atomic E-state index is 0.0466. The van der Waals surface area contributed by atoms with Gasteiger partial charge in [-0.15, -0.1) is 0 Å². The van der Waals surface area contributed by atoms with E-state index in [0.29, 0.717) is 12.2 Å². The van der Waals surface area contributed by atoms with Crippen molar-refractivity contribution in [2.75, 3.05) is 25.7 Å². The number of carbonyl (C=O) groups excluding carboxylic acids is 2. The third-order valence-electron chi connectivity index (χ3n) is 5.35. The summed E-state index contributed by atoms with van der Waals surface area (Å²) in [6.45, 7) is 1.89. The number of carbonyl (C=O) groups is 2. The molecule has 3 rings (SSSR count). The zero-order chi connectivity index (χ0) is 20.5. The SMILES string of the molecule is COc1ccccc1C(C)N(C)C(=O)C1=NN(C2CCS(=O)(=O)C2)C(=O)CC1. The highest BCUT2D eigenvalue weighted by atomic mass is 32.2. The van der Waals surface area contributed by atoms with E-state index in [0.717, 1.165) is 5.56 Å². The maximum absolute atomic E-state index is 13.0. The third-order valence-corrected chi connectivity index (χ3v) is 7.10. The lowest BCUT2D eigenvalue weighted by molar-refractivity contribution is -0.134. The molecule has 152 valence electrons. The Bertz CT molecular complexity index is 912. The van der Waals surface area contributed by atoms with Gasteiger partial charge in [0.1, 0.15) is 11.5 Å². The number of hydrogen-bond acceptors (Lipinski definition) is 6. The van der Waals surface area contributed by atoms with Crippen LogP contribution in [0.25, 0.3) is 0 Å². The molecule has 0 N–H and O–H groups in total. The maximum atomic E-state index is 13.0. The fourth-order valence-electron chi connectivity index (χ4n) is 3.58. The number of para-hydroxylation sites is 1. The lowest BCUT2D eigenvalue weighted by Gasteiger charge is -2.31. The third kappa shape index (κ3) is 4.04. The van der Waals surface area contributed by atoms with E-state index in [2.05, 4.69) is 5.10 Å². The van der Waals surface area contributed by atoms with Gasteiger partial charge in [0, 0.05) is 25.5 Å². The van der Waals surface area contributed by atoms with E-state index in [1.165, 1.54) is 5.01 Å². The molecule has 2 atom stereocenters. The van der Waals surface area contributed by atoms with Gasteiger partial charge in [-0.2, -0.15) is 5.10 Å². The van der Waals surface area contributed by atoms with Crippen LogP contribution in [0.3, 0.4) is 0 Å². The standard InChI is InChI=1S/C19H25N3O5S/c1-13(15-6-4-5-7-17(15)27-3)21(2)19(24)16-8-9-18(23)22(20-16)14-10-11-28(25,26)12-14/h4-7,13-14H,8-12H2,1-3H3. The first-order chi connectivity index (χ1) is 13.2. The number of amides is 2. The summed E-state index contributed by atoms with van der Waals surface area (Å²) in [5.41, 5.74) is 1.14. The molecule has 1 saturated heterocycles. The van der Waals surface area contributed by atoms with Crippen LogP contribution < -0.4 is 4.74 Å². The molecule has 0 aliphatic carbocycles. The average molecular weight is 407 g/mol. The highest BCUT2D eigenvalue weighted by Crippen LogP contribution is 2.29. The summed E-state index contributed by atoms with van der Waals surface area (Å²) >= 11 is 0. The minimum Gasteiger partial charge on any atom is -0.496 e. The number of methoxy groups -OCH3 is 1. The summed E-state index contributed by atoms with van der Waals surface area (Å²) < 4.78 is 28.9. The number of benzene rings is 1. The van der Waals surface area contributed by atoms with Gasteiger partial charge in [-0.1, -0.05) is 18.2 Å². The number of hydrazone groups is 1. The van der Waals surface area contributed by atoms with E-state index < -0.39 is 15.9 Å². The van der Waals surface area contributed by atoms with Crippen LogP contribution in [0.15, 0.2) is 29.4 Å². The Balaban J connectivity index is 1.80. The quantitative estimate of drug-likeness (QED) is 0.735. The molecule has 0 radical (unpaired) electrons. The molecule has 2 aliphatic rings. The molecule has 2 aliphatic heterocycles. The minimum atomic E-state index is -3.15. The van der Waals surface area contributed by atoms with Crippen LogP contribution in [0.4, 0.5) is 0 Å². The summed E-state index contributed by atoms with van der Waals surface area (Å²) in [7, 11) is 0.113. The van der Waals surface area contributed by atoms with Gasteiger partial charge in [0.05, 0.1) is 30.7 Å². The summed E-state index contributed by atoms with van der Waals surface area (Å²) in [6, 6.07) is 6.73. The second-order valence-electron chi connectivity index (χ2n) is 7.18. The molecule has 2 unspecified atom stereocenters. The van der Waals surface area contributed by atoms with Crippen LogP contribution in [-0.4, -0.2) is 67.6 Å². The van der Waals surface area contributed by atoms with Gasteiger partial charge in [-0.05, 0) is 19.4 Å². The van der Waals surface area contributed by atoms with Crippen molar-refractivity contribution >= 4 is 27.4 Å². The number of nitrogens with zero attached hydrogens (tertiary/aromatic N) is 3. The highest BCUT2D eigenvalue weighted by Gasteiger charge is 2.38. The Morgan fingerprint density at radius 2 is 2.04 bits per heavy atom. The van der Waals surface area contributed by atoms with Gasteiger partial charge in [0.15, 0.2) is 9.84 Å². The van der Waals surface area contributed by atoms with Crippen LogP contribution in [0.5, 0.6) is 5.75 Å². The smallest absolute Gasteiger partial charge is 0.270 e. The van der Waals surface area contributed by atoms with Crippen LogP contribution in [0, 0.1) is 0 Å². The fraction of sp³-hybridized carbons (Fsp3) is 0.526. The van der Waals surface area contributed by atoms with Gasteiger partial charge in [-0.25, -0.2) is 13.4 Å². The highest BCUT2D eigenvalue weighted by molar-refractivity contribution is 7.91. The van der Waals surface area contributed by atoms with Crippen molar-refractivity contribution in [1.82, 2.24) is 9.91 Å². The van der Waals surface area contributed by atoms with E-state index >= 15 is 0 Å². The lowest BCUT2D eigenvalue weighted by Crippen LogP contribution is -2.44. The van der Waals surface area contributed by atoms with E-state index in [4.69, 9.17) is 4.74 Å². The second kappa shape index (κ2) is 7.90. The van der Waals surface area contributed by atoms with Gasteiger partial charge >= 0.3 is 0 Å². The Morgan fingerprint density at radius 3 is 2.68 bits per heavy atom. The van der Waals surface area contributed by atoms with Crippen molar-refractivity contribution in [1.29, 1.82) is 0 Å².